The Morgan fingerprint density at radius 1 is 0.926 bits per heavy atom. The molecule has 0 amide bonds. The Labute approximate surface area is 159 Å². The molecule has 1 fully saturated rings. The molecule has 3 aromatic rings. The van der Waals surface area contributed by atoms with Crippen LogP contribution >= 0.6 is 0 Å². The zero-order valence-electron chi connectivity index (χ0n) is 15.3. The standard InChI is InChI=1S/C21H22N2O3S/c1-16-10-6-7-13-18(16)19-22-20(21(26-19)23-14-8-3-9-15-23)27(24,25)17-11-4-2-5-12-17/h2,4-7,10-13H,3,8-9,14-15H2,1H3. The highest BCUT2D eigenvalue weighted by molar-refractivity contribution is 7.91. The fraction of sp³-hybridized carbons (Fsp3) is 0.286. The van der Waals surface area contributed by atoms with Crippen LogP contribution in [0.5, 0.6) is 0 Å². The summed E-state index contributed by atoms with van der Waals surface area (Å²) in [4.78, 5) is 6.71. The lowest BCUT2D eigenvalue weighted by atomic mass is 10.1. The number of nitrogens with zero attached hydrogens (tertiary/aromatic N) is 2. The van der Waals surface area contributed by atoms with E-state index < -0.39 is 9.84 Å². The van der Waals surface area contributed by atoms with E-state index in [-0.39, 0.29) is 9.92 Å². The Morgan fingerprint density at radius 3 is 2.30 bits per heavy atom. The molecule has 0 atom stereocenters. The van der Waals surface area contributed by atoms with Crippen molar-refractivity contribution >= 4 is 15.7 Å². The summed E-state index contributed by atoms with van der Waals surface area (Å²) < 4.78 is 32.6. The molecule has 27 heavy (non-hydrogen) atoms. The maximum atomic E-state index is 13.3. The van der Waals surface area contributed by atoms with Gasteiger partial charge < -0.3 is 9.32 Å². The first-order valence-corrected chi connectivity index (χ1v) is 10.7. The molecular weight excluding hydrogens is 360 g/mol. The van der Waals surface area contributed by atoms with Crippen molar-refractivity contribution in [1.82, 2.24) is 4.98 Å². The number of rotatable bonds is 4. The minimum absolute atomic E-state index is 0.00820. The fourth-order valence-corrected chi connectivity index (χ4v) is 4.75. The van der Waals surface area contributed by atoms with Gasteiger partial charge in [-0.2, -0.15) is 4.98 Å². The number of anilines is 1. The van der Waals surface area contributed by atoms with Gasteiger partial charge in [-0.25, -0.2) is 8.42 Å². The van der Waals surface area contributed by atoms with Gasteiger partial charge in [0, 0.05) is 18.7 Å². The summed E-state index contributed by atoms with van der Waals surface area (Å²) in [6, 6.07) is 16.1. The second-order valence-electron chi connectivity index (χ2n) is 6.81. The van der Waals surface area contributed by atoms with Gasteiger partial charge in [-0.15, -0.1) is 0 Å². The Morgan fingerprint density at radius 2 is 1.59 bits per heavy atom. The summed E-state index contributed by atoms with van der Waals surface area (Å²) in [7, 11) is -3.77. The average molecular weight is 382 g/mol. The molecule has 0 N–H and O–H groups in total. The van der Waals surface area contributed by atoms with E-state index in [1.54, 1.807) is 30.3 Å². The molecule has 2 aromatic carbocycles. The summed E-state index contributed by atoms with van der Waals surface area (Å²) >= 11 is 0. The zero-order valence-corrected chi connectivity index (χ0v) is 16.1. The molecule has 0 radical (unpaired) electrons. The summed E-state index contributed by atoms with van der Waals surface area (Å²) in [6.07, 6.45) is 3.19. The van der Waals surface area contributed by atoms with Gasteiger partial charge in [-0.1, -0.05) is 36.4 Å². The Hall–Kier alpha value is -2.60. The number of sulfone groups is 1. The molecule has 6 heteroatoms. The first-order valence-electron chi connectivity index (χ1n) is 9.19. The maximum Gasteiger partial charge on any atom is 0.236 e. The van der Waals surface area contributed by atoms with Crippen molar-refractivity contribution in [3.63, 3.8) is 0 Å². The van der Waals surface area contributed by atoms with E-state index in [1.165, 1.54) is 0 Å². The van der Waals surface area contributed by atoms with E-state index in [9.17, 15) is 8.42 Å². The first kappa shape index (κ1) is 17.8. The predicted octanol–water partition coefficient (Wildman–Crippen LogP) is 4.47. The monoisotopic (exact) mass is 382 g/mol. The number of oxazole rings is 1. The van der Waals surface area contributed by atoms with Crippen LogP contribution < -0.4 is 4.90 Å². The molecule has 0 spiro atoms. The normalized spacial score (nSPS) is 15.1. The van der Waals surface area contributed by atoms with E-state index in [1.807, 2.05) is 36.1 Å². The number of aryl methyl sites for hydroxylation is 1. The molecule has 4 rings (SSSR count). The second-order valence-corrected chi connectivity index (χ2v) is 8.67. The summed E-state index contributed by atoms with van der Waals surface area (Å²) in [5.74, 6) is 0.708. The topological polar surface area (TPSA) is 63.4 Å². The van der Waals surface area contributed by atoms with Crippen LogP contribution in [0.25, 0.3) is 11.5 Å². The van der Waals surface area contributed by atoms with Gasteiger partial charge in [0.25, 0.3) is 0 Å². The highest BCUT2D eigenvalue weighted by Crippen LogP contribution is 2.36. The van der Waals surface area contributed by atoms with Gasteiger partial charge in [-0.3, -0.25) is 0 Å². The Kier molecular flexibility index (Phi) is 4.74. The third-order valence-electron chi connectivity index (χ3n) is 4.91. The molecule has 0 aliphatic carbocycles. The average Bonchev–Trinajstić information content (AvgIpc) is 3.16. The fourth-order valence-electron chi connectivity index (χ4n) is 3.41. The van der Waals surface area contributed by atoms with Crippen molar-refractivity contribution < 1.29 is 12.8 Å². The van der Waals surface area contributed by atoms with Gasteiger partial charge in [-0.05, 0) is 49.9 Å². The van der Waals surface area contributed by atoms with E-state index in [2.05, 4.69) is 4.98 Å². The quantitative estimate of drug-likeness (QED) is 0.666. The van der Waals surface area contributed by atoms with Crippen molar-refractivity contribution in [1.29, 1.82) is 0 Å². The van der Waals surface area contributed by atoms with Crippen molar-refractivity contribution in [2.75, 3.05) is 18.0 Å². The number of hydrogen-bond donors (Lipinski definition) is 0. The van der Waals surface area contributed by atoms with Gasteiger partial charge in [0.2, 0.25) is 26.6 Å². The molecular formula is C21H22N2O3S. The molecule has 1 aliphatic rings. The van der Waals surface area contributed by atoms with Crippen LogP contribution in [0.3, 0.4) is 0 Å². The molecule has 1 aliphatic heterocycles. The van der Waals surface area contributed by atoms with Crippen LogP contribution in [-0.4, -0.2) is 26.5 Å². The van der Waals surface area contributed by atoms with Gasteiger partial charge in [0.1, 0.15) is 0 Å². The van der Waals surface area contributed by atoms with Crippen LogP contribution in [-0.2, 0) is 9.84 Å². The van der Waals surface area contributed by atoms with Crippen LogP contribution in [0.4, 0.5) is 5.88 Å². The molecule has 1 saturated heterocycles. The Bertz CT molecular complexity index is 1040. The lowest BCUT2D eigenvalue weighted by Crippen LogP contribution is -2.30. The number of hydrogen-bond acceptors (Lipinski definition) is 5. The van der Waals surface area contributed by atoms with Crippen LogP contribution in [0.1, 0.15) is 24.8 Å². The third kappa shape index (κ3) is 3.37. The highest BCUT2D eigenvalue weighted by atomic mass is 32.2. The van der Waals surface area contributed by atoms with E-state index in [0.717, 1.165) is 43.5 Å². The van der Waals surface area contributed by atoms with E-state index >= 15 is 0 Å². The minimum Gasteiger partial charge on any atom is -0.419 e. The summed E-state index contributed by atoms with van der Waals surface area (Å²) in [5.41, 5.74) is 1.80. The van der Waals surface area contributed by atoms with E-state index in [0.29, 0.717) is 11.8 Å². The van der Waals surface area contributed by atoms with E-state index in [4.69, 9.17) is 4.42 Å². The van der Waals surface area contributed by atoms with Crippen molar-refractivity contribution in [3.8, 4) is 11.5 Å². The van der Waals surface area contributed by atoms with Gasteiger partial charge in [0.15, 0.2) is 0 Å². The summed E-state index contributed by atoms with van der Waals surface area (Å²) in [6.45, 7) is 3.52. The van der Waals surface area contributed by atoms with Crippen LogP contribution in [0.15, 0.2) is 68.9 Å². The first-order chi connectivity index (χ1) is 13.1. The van der Waals surface area contributed by atoms with Crippen LogP contribution in [0.2, 0.25) is 0 Å². The largest absolute Gasteiger partial charge is 0.419 e. The van der Waals surface area contributed by atoms with Crippen molar-refractivity contribution in [3.05, 3.63) is 60.2 Å². The number of benzene rings is 2. The van der Waals surface area contributed by atoms with Gasteiger partial charge >= 0.3 is 0 Å². The molecule has 2 heterocycles. The predicted molar refractivity (Wildman–Crippen MR) is 105 cm³/mol. The lowest BCUT2D eigenvalue weighted by Gasteiger charge is -2.26. The second kappa shape index (κ2) is 7.19. The Balaban J connectivity index is 1.88. The molecule has 1 aromatic heterocycles. The smallest absolute Gasteiger partial charge is 0.236 e. The highest BCUT2D eigenvalue weighted by Gasteiger charge is 2.32. The van der Waals surface area contributed by atoms with Crippen molar-refractivity contribution in [2.45, 2.75) is 36.1 Å². The zero-order chi connectivity index (χ0) is 18.9. The summed E-state index contributed by atoms with van der Waals surface area (Å²) in [5, 5.41) is 0.00820. The SMILES string of the molecule is Cc1ccccc1-c1nc(S(=O)(=O)c2ccccc2)c(N2CCCCC2)o1. The molecule has 0 unspecified atom stereocenters. The minimum atomic E-state index is -3.77. The van der Waals surface area contributed by atoms with Crippen LogP contribution in [0, 0.1) is 6.92 Å². The molecule has 0 bridgehead atoms. The van der Waals surface area contributed by atoms with Crippen molar-refractivity contribution in [2.24, 2.45) is 0 Å². The molecule has 5 nitrogen and oxygen atoms in total. The number of piperidine rings is 1. The number of aromatic nitrogens is 1. The molecule has 140 valence electrons. The van der Waals surface area contributed by atoms with Gasteiger partial charge in [0.05, 0.1) is 4.90 Å². The lowest BCUT2D eigenvalue weighted by molar-refractivity contribution is 0.499. The maximum absolute atomic E-state index is 13.3. The third-order valence-corrected chi connectivity index (χ3v) is 6.57. The molecule has 0 saturated carbocycles.